The maximum atomic E-state index is 11.9. The predicted octanol–water partition coefficient (Wildman–Crippen LogP) is 0.318. The van der Waals surface area contributed by atoms with Crippen molar-refractivity contribution in [3.8, 4) is 5.75 Å². The Labute approximate surface area is 122 Å². The van der Waals surface area contributed by atoms with E-state index >= 15 is 0 Å². The van der Waals surface area contributed by atoms with Crippen molar-refractivity contribution in [1.29, 1.82) is 0 Å². The number of phenolic OH excluding ortho intramolecular Hbond substituents is 1. The molecule has 1 rings (SSSR count). The molecular formula is C13H17NO6S. The minimum absolute atomic E-state index is 0.0781. The Morgan fingerprint density at radius 2 is 1.95 bits per heavy atom. The highest BCUT2D eigenvalue weighted by molar-refractivity contribution is 7.90. The van der Waals surface area contributed by atoms with Crippen LogP contribution in [-0.4, -0.2) is 48.6 Å². The first-order chi connectivity index (χ1) is 9.60. The van der Waals surface area contributed by atoms with E-state index in [1.165, 1.54) is 18.2 Å². The number of carboxylic acid groups (broad SMARTS) is 1. The van der Waals surface area contributed by atoms with Gasteiger partial charge in [0.25, 0.3) is 5.91 Å². The van der Waals surface area contributed by atoms with Gasteiger partial charge in [0, 0.05) is 11.8 Å². The number of carboxylic acids is 1. The van der Waals surface area contributed by atoms with E-state index in [1.807, 2.05) is 0 Å². The number of benzene rings is 1. The van der Waals surface area contributed by atoms with E-state index in [1.54, 1.807) is 6.92 Å². The fourth-order valence-electron chi connectivity index (χ4n) is 1.58. The molecule has 0 aliphatic rings. The molecule has 1 amide bonds. The zero-order chi connectivity index (χ0) is 16.2. The highest BCUT2D eigenvalue weighted by atomic mass is 32.2. The molecule has 0 saturated heterocycles. The van der Waals surface area contributed by atoms with Gasteiger partial charge in [-0.1, -0.05) is 6.07 Å². The van der Waals surface area contributed by atoms with Crippen LogP contribution in [0.4, 0.5) is 0 Å². The van der Waals surface area contributed by atoms with Crippen LogP contribution in [0.2, 0.25) is 0 Å². The Bertz CT molecular complexity index is 653. The summed E-state index contributed by atoms with van der Waals surface area (Å²) in [6, 6.07) is 2.88. The van der Waals surface area contributed by atoms with Crippen LogP contribution in [0.25, 0.3) is 0 Å². The van der Waals surface area contributed by atoms with Crippen molar-refractivity contribution < 1.29 is 28.2 Å². The first-order valence-electron chi connectivity index (χ1n) is 6.11. The summed E-state index contributed by atoms with van der Waals surface area (Å²) in [5.74, 6) is -2.43. The summed E-state index contributed by atoms with van der Waals surface area (Å²) in [7, 11) is -3.32. The highest BCUT2D eigenvalue weighted by Crippen LogP contribution is 2.17. The van der Waals surface area contributed by atoms with E-state index in [4.69, 9.17) is 5.11 Å². The molecule has 0 saturated carbocycles. The Hall–Kier alpha value is -2.09. The topological polar surface area (TPSA) is 121 Å². The third-order valence-corrected chi connectivity index (χ3v) is 3.83. The van der Waals surface area contributed by atoms with Crippen LogP contribution in [-0.2, 0) is 14.6 Å². The molecule has 116 valence electrons. The lowest BCUT2D eigenvalue weighted by Crippen LogP contribution is -2.41. The van der Waals surface area contributed by atoms with E-state index in [-0.39, 0.29) is 23.5 Å². The Morgan fingerprint density at radius 3 is 2.43 bits per heavy atom. The summed E-state index contributed by atoms with van der Waals surface area (Å²) >= 11 is 0. The molecule has 1 atom stereocenters. The van der Waals surface area contributed by atoms with E-state index in [0.717, 1.165) is 6.26 Å². The molecule has 8 heteroatoms. The average Bonchev–Trinajstić information content (AvgIpc) is 2.36. The molecule has 0 fully saturated rings. The number of aliphatic carboxylic acids is 1. The van der Waals surface area contributed by atoms with Crippen LogP contribution in [0.1, 0.15) is 22.3 Å². The van der Waals surface area contributed by atoms with Crippen LogP contribution in [0, 0.1) is 6.92 Å². The van der Waals surface area contributed by atoms with E-state index in [2.05, 4.69) is 5.32 Å². The van der Waals surface area contributed by atoms with Gasteiger partial charge in [-0.05, 0) is 31.0 Å². The van der Waals surface area contributed by atoms with Crippen molar-refractivity contribution in [1.82, 2.24) is 5.32 Å². The zero-order valence-corrected chi connectivity index (χ0v) is 12.5. The number of rotatable bonds is 6. The Kier molecular flexibility index (Phi) is 5.31. The number of carbonyl (C=O) groups excluding carboxylic acids is 1. The summed E-state index contributed by atoms with van der Waals surface area (Å²) < 4.78 is 22.1. The van der Waals surface area contributed by atoms with Crippen molar-refractivity contribution in [3.05, 3.63) is 29.3 Å². The molecular weight excluding hydrogens is 298 g/mol. The van der Waals surface area contributed by atoms with Gasteiger partial charge in [0.2, 0.25) is 0 Å². The maximum absolute atomic E-state index is 11.9. The molecule has 1 aromatic carbocycles. The lowest BCUT2D eigenvalue weighted by molar-refractivity contribution is -0.139. The number of amides is 1. The quantitative estimate of drug-likeness (QED) is 0.695. The number of sulfone groups is 1. The fraction of sp³-hybridized carbons (Fsp3) is 0.385. The van der Waals surface area contributed by atoms with Crippen LogP contribution in [0.3, 0.4) is 0 Å². The third-order valence-electron chi connectivity index (χ3n) is 2.85. The number of phenols is 1. The second-order valence-corrected chi connectivity index (χ2v) is 7.04. The van der Waals surface area contributed by atoms with Crippen LogP contribution < -0.4 is 5.32 Å². The molecule has 0 aromatic heterocycles. The zero-order valence-electron chi connectivity index (χ0n) is 11.7. The van der Waals surface area contributed by atoms with Crippen molar-refractivity contribution in [3.63, 3.8) is 0 Å². The molecule has 1 unspecified atom stereocenters. The molecule has 7 nitrogen and oxygen atoms in total. The van der Waals surface area contributed by atoms with Crippen molar-refractivity contribution in [2.45, 2.75) is 19.4 Å². The number of carbonyl (C=O) groups is 2. The lowest BCUT2D eigenvalue weighted by Gasteiger charge is -2.14. The van der Waals surface area contributed by atoms with Crippen LogP contribution >= 0.6 is 0 Å². The minimum atomic E-state index is -3.32. The number of aryl methyl sites for hydroxylation is 1. The number of hydrogen-bond donors (Lipinski definition) is 3. The first kappa shape index (κ1) is 17.0. The van der Waals surface area contributed by atoms with Crippen LogP contribution in [0.15, 0.2) is 18.2 Å². The smallest absolute Gasteiger partial charge is 0.326 e. The Morgan fingerprint density at radius 1 is 1.33 bits per heavy atom. The fourth-order valence-corrected chi connectivity index (χ4v) is 2.25. The monoisotopic (exact) mass is 315 g/mol. The average molecular weight is 315 g/mol. The first-order valence-corrected chi connectivity index (χ1v) is 8.17. The molecule has 0 heterocycles. The molecule has 0 radical (unpaired) electrons. The van der Waals surface area contributed by atoms with Gasteiger partial charge in [0.1, 0.15) is 21.6 Å². The van der Waals surface area contributed by atoms with Gasteiger partial charge in [-0.3, -0.25) is 4.79 Å². The summed E-state index contributed by atoms with van der Waals surface area (Å²) in [6.45, 7) is 1.66. The van der Waals surface area contributed by atoms with E-state index in [0.29, 0.717) is 5.56 Å². The minimum Gasteiger partial charge on any atom is -0.508 e. The van der Waals surface area contributed by atoms with Crippen molar-refractivity contribution in [2.75, 3.05) is 12.0 Å². The molecule has 0 aliphatic heterocycles. The normalized spacial score (nSPS) is 12.7. The van der Waals surface area contributed by atoms with Gasteiger partial charge >= 0.3 is 5.97 Å². The summed E-state index contributed by atoms with van der Waals surface area (Å²) in [5.41, 5.74) is 0.683. The van der Waals surface area contributed by atoms with Crippen molar-refractivity contribution >= 4 is 21.7 Å². The highest BCUT2D eigenvalue weighted by Gasteiger charge is 2.22. The third kappa shape index (κ3) is 5.42. The molecule has 1 aromatic rings. The maximum Gasteiger partial charge on any atom is 0.326 e. The number of aromatic hydroxyl groups is 1. The van der Waals surface area contributed by atoms with Crippen molar-refractivity contribution in [2.24, 2.45) is 0 Å². The number of nitrogens with one attached hydrogen (secondary N) is 1. The summed E-state index contributed by atoms with van der Waals surface area (Å²) in [4.78, 5) is 23.0. The number of hydrogen-bond acceptors (Lipinski definition) is 5. The van der Waals surface area contributed by atoms with Gasteiger partial charge in [0.05, 0.1) is 5.75 Å². The summed E-state index contributed by atoms with van der Waals surface area (Å²) in [6.07, 6.45) is 0.767. The van der Waals surface area contributed by atoms with Gasteiger partial charge in [-0.25, -0.2) is 13.2 Å². The second kappa shape index (κ2) is 6.57. The molecule has 21 heavy (non-hydrogen) atoms. The standard InChI is InChI=1S/C13H17NO6S/c1-8-3-4-9(7-11(8)15)12(16)14-10(13(17)18)5-6-21(2,19)20/h3-4,7,10,15H,5-6H2,1-2H3,(H,14,16)(H,17,18). The van der Waals surface area contributed by atoms with Gasteiger partial charge in [0.15, 0.2) is 0 Å². The summed E-state index contributed by atoms with van der Waals surface area (Å²) in [5, 5.41) is 20.8. The molecule has 0 spiro atoms. The largest absolute Gasteiger partial charge is 0.508 e. The SMILES string of the molecule is Cc1ccc(C(=O)NC(CCS(C)(=O)=O)C(=O)O)cc1O. The van der Waals surface area contributed by atoms with Gasteiger partial charge in [-0.2, -0.15) is 0 Å². The van der Waals surface area contributed by atoms with Crippen LogP contribution in [0.5, 0.6) is 5.75 Å². The second-order valence-electron chi connectivity index (χ2n) is 4.78. The molecule has 3 N–H and O–H groups in total. The van der Waals surface area contributed by atoms with Gasteiger partial charge < -0.3 is 15.5 Å². The van der Waals surface area contributed by atoms with Gasteiger partial charge in [-0.15, -0.1) is 0 Å². The molecule has 0 aliphatic carbocycles. The molecule has 0 bridgehead atoms. The van der Waals surface area contributed by atoms with E-state index < -0.39 is 27.8 Å². The predicted molar refractivity (Wildman–Crippen MR) is 76.1 cm³/mol. The Balaban J connectivity index is 2.81. The lowest BCUT2D eigenvalue weighted by atomic mass is 10.1. The van der Waals surface area contributed by atoms with E-state index in [9.17, 15) is 23.1 Å².